The number of thiophene rings is 1. The van der Waals surface area contributed by atoms with Crippen molar-refractivity contribution in [2.75, 3.05) is 19.5 Å². The summed E-state index contributed by atoms with van der Waals surface area (Å²) in [6.07, 6.45) is 9.95. The highest BCUT2D eigenvalue weighted by Gasteiger charge is 2.34. The van der Waals surface area contributed by atoms with Crippen molar-refractivity contribution in [3.63, 3.8) is 0 Å². The van der Waals surface area contributed by atoms with Crippen LogP contribution in [0.15, 0.2) is 41.8 Å². The van der Waals surface area contributed by atoms with Crippen LogP contribution >= 0.6 is 11.3 Å². The van der Waals surface area contributed by atoms with Crippen LogP contribution in [0.2, 0.25) is 0 Å². The highest BCUT2D eigenvalue weighted by molar-refractivity contribution is 7.11. The molecule has 2 aliphatic heterocycles. The van der Waals surface area contributed by atoms with Crippen molar-refractivity contribution >= 4 is 40.3 Å². The molecule has 6 nitrogen and oxygen atoms in total. The number of methoxy groups -OCH3 is 1. The number of fused-ring (bicyclic) bond motifs is 5. The zero-order valence-electron chi connectivity index (χ0n) is 23.8. The molecule has 0 unspecified atom stereocenters. The molecule has 6 rings (SSSR count). The number of nitrogens with zero attached hydrogens (tertiary/aromatic N) is 1. The van der Waals surface area contributed by atoms with Crippen molar-refractivity contribution in [3.8, 4) is 28.4 Å². The highest BCUT2D eigenvalue weighted by Crippen LogP contribution is 2.54. The monoisotopic (exact) mass is 556 g/mol. The van der Waals surface area contributed by atoms with Crippen molar-refractivity contribution in [2.24, 2.45) is 0 Å². The van der Waals surface area contributed by atoms with Gasteiger partial charge in [0.05, 0.1) is 23.8 Å². The molecule has 1 fully saturated rings. The van der Waals surface area contributed by atoms with Crippen LogP contribution in [-0.4, -0.2) is 41.7 Å². The van der Waals surface area contributed by atoms with E-state index in [1.807, 2.05) is 29.5 Å². The van der Waals surface area contributed by atoms with Crippen molar-refractivity contribution in [3.05, 3.63) is 63.4 Å². The summed E-state index contributed by atoms with van der Waals surface area (Å²) in [5.41, 5.74) is 6.23. The van der Waals surface area contributed by atoms with Gasteiger partial charge in [0.25, 0.3) is 5.91 Å². The second-order valence-corrected chi connectivity index (χ2v) is 12.5. The first-order valence-electron chi connectivity index (χ1n) is 14.0. The Morgan fingerprint density at radius 3 is 2.65 bits per heavy atom. The van der Waals surface area contributed by atoms with E-state index >= 15 is 0 Å². The number of hydrogen-bond acceptors (Lipinski definition) is 6. The van der Waals surface area contributed by atoms with Crippen LogP contribution in [0.4, 0.5) is 5.69 Å². The smallest absolute Gasteiger partial charge is 0.255 e. The number of phenolic OH excluding ortho intramolecular Hbond substituents is 1. The lowest BCUT2D eigenvalue weighted by Gasteiger charge is -2.35. The molecule has 0 atom stereocenters. The molecule has 3 heterocycles. The third kappa shape index (κ3) is 4.46. The minimum Gasteiger partial charge on any atom is -0.504 e. The molecule has 3 aliphatic rings. The van der Waals surface area contributed by atoms with E-state index < -0.39 is 0 Å². The molecule has 1 saturated carbocycles. The van der Waals surface area contributed by atoms with Gasteiger partial charge < -0.3 is 24.8 Å². The molecular formula is C33H36N2O4S. The third-order valence-corrected chi connectivity index (χ3v) is 9.17. The first-order valence-corrected chi connectivity index (χ1v) is 14.9. The van der Waals surface area contributed by atoms with Crippen LogP contribution < -0.4 is 14.8 Å². The number of carbonyl (C=O) groups is 1. The molecule has 208 valence electrons. The van der Waals surface area contributed by atoms with Gasteiger partial charge in [-0.2, -0.15) is 0 Å². The summed E-state index contributed by atoms with van der Waals surface area (Å²) >= 11 is 1.54. The minimum atomic E-state index is -0.199. The largest absolute Gasteiger partial charge is 0.504 e. The normalized spacial score (nSPS) is 18.5. The molecular weight excluding hydrogens is 520 g/mol. The van der Waals surface area contributed by atoms with Crippen LogP contribution in [0, 0.1) is 0 Å². The molecule has 0 saturated heterocycles. The van der Waals surface area contributed by atoms with E-state index in [1.165, 1.54) is 19.3 Å². The van der Waals surface area contributed by atoms with Crippen LogP contribution in [0.25, 0.3) is 28.5 Å². The van der Waals surface area contributed by atoms with Gasteiger partial charge in [-0.05, 0) is 74.9 Å². The summed E-state index contributed by atoms with van der Waals surface area (Å²) < 4.78 is 12.3. The van der Waals surface area contributed by atoms with E-state index in [9.17, 15) is 9.90 Å². The molecule has 1 aliphatic carbocycles. The summed E-state index contributed by atoms with van der Waals surface area (Å²) in [5, 5.41) is 16.2. The predicted molar refractivity (Wildman–Crippen MR) is 163 cm³/mol. The van der Waals surface area contributed by atoms with Gasteiger partial charge in [-0.3, -0.25) is 4.79 Å². The summed E-state index contributed by atoms with van der Waals surface area (Å²) in [6.45, 7) is 6.41. The maximum atomic E-state index is 13.7. The molecule has 0 bridgehead atoms. The molecule has 0 radical (unpaired) electrons. The molecule has 40 heavy (non-hydrogen) atoms. The second kappa shape index (κ2) is 10.0. The number of phenols is 1. The van der Waals surface area contributed by atoms with E-state index in [2.05, 4.69) is 44.3 Å². The van der Waals surface area contributed by atoms with Gasteiger partial charge in [0.1, 0.15) is 11.5 Å². The maximum Gasteiger partial charge on any atom is 0.255 e. The van der Waals surface area contributed by atoms with Crippen LogP contribution in [0.5, 0.6) is 17.2 Å². The lowest BCUT2D eigenvalue weighted by Crippen LogP contribution is -2.38. The molecule has 1 aromatic heterocycles. The van der Waals surface area contributed by atoms with Gasteiger partial charge in [-0.25, -0.2) is 0 Å². The quantitative estimate of drug-likeness (QED) is 0.340. The lowest BCUT2D eigenvalue weighted by atomic mass is 9.83. The van der Waals surface area contributed by atoms with E-state index in [0.29, 0.717) is 22.8 Å². The van der Waals surface area contributed by atoms with Gasteiger partial charge >= 0.3 is 0 Å². The van der Waals surface area contributed by atoms with Gasteiger partial charge in [0, 0.05) is 40.3 Å². The molecule has 1 amide bonds. The van der Waals surface area contributed by atoms with Crippen molar-refractivity contribution in [2.45, 2.75) is 64.5 Å². The SMILES string of the molecule is COc1c(O)ccc2c1-c1ccc3c(c1/C(=C/c1sccc1C(=O)N(C)C1CCCCC1)O2)C(C)=CC(C)(C)N3. The first-order chi connectivity index (χ1) is 19.2. The Morgan fingerprint density at radius 1 is 1.12 bits per heavy atom. The Hall–Kier alpha value is -3.71. The predicted octanol–water partition coefficient (Wildman–Crippen LogP) is 8.03. The molecule has 0 spiro atoms. The number of hydrogen-bond donors (Lipinski definition) is 2. The minimum absolute atomic E-state index is 0.0533. The van der Waals surface area contributed by atoms with Crippen LogP contribution in [-0.2, 0) is 0 Å². The lowest BCUT2D eigenvalue weighted by molar-refractivity contribution is 0.0696. The van der Waals surface area contributed by atoms with E-state index in [0.717, 1.165) is 51.2 Å². The Bertz CT molecular complexity index is 1560. The number of amides is 1. The van der Waals surface area contributed by atoms with Crippen molar-refractivity contribution < 1.29 is 19.4 Å². The Labute approximate surface area is 239 Å². The average Bonchev–Trinajstić information content (AvgIpc) is 3.40. The summed E-state index contributed by atoms with van der Waals surface area (Å²) in [5.74, 6) is 1.76. The van der Waals surface area contributed by atoms with Crippen molar-refractivity contribution in [1.82, 2.24) is 4.90 Å². The zero-order valence-corrected chi connectivity index (χ0v) is 24.6. The molecule has 2 N–H and O–H groups in total. The fourth-order valence-corrected chi connectivity index (χ4v) is 7.31. The maximum absolute atomic E-state index is 13.7. The number of rotatable bonds is 4. The van der Waals surface area contributed by atoms with Gasteiger partial charge in [-0.15, -0.1) is 11.3 Å². The third-order valence-electron chi connectivity index (χ3n) is 8.30. The van der Waals surface area contributed by atoms with Crippen LogP contribution in [0.1, 0.15) is 79.2 Å². The fraction of sp³-hybridized carbons (Fsp3) is 0.364. The Kier molecular flexibility index (Phi) is 6.65. The van der Waals surface area contributed by atoms with E-state index in [-0.39, 0.29) is 23.2 Å². The number of nitrogens with one attached hydrogen (secondary N) is 1. The molecule has 2 aromatic carbocycles. The number of aromatic hydroxyl groups is 1. The zero-order chi connectivity index (χ0) is 28.2. The highest BCUT2D eigenvalue weighted by atomic mass is 32.1. The van der Waals surface area contributed by atoms with E-state index in [4.69, 9.17) is 9.47 Å². The first kappa shape index (κ1) is 26.5. The Morgan fingerprint density at radius 2 is 1.90 bits per heavy atom. The number of ether oxygens (including phenoxy) is 2. The standard InChI is InChI=1S/C33H36N2O4S/c1-19-18-33(2,3)34-23-12-11-22-29(28(19)23)26(39-25-14-13-24(36)31(38-5)30(22)25)17-27-21(15-16-40-27)32(37)35(4)20-9-7-6-8-10-20/h11-18,20,34,36H,6-10H2,1-5H3/b26-17-. The summed E-state index contributed by atoms with van der Waals surface area (Å²) in [6, 6.07) is 9.71. The number of benzene rings is 2. The average molecular weight is 557 g/mol. The van der Waals surface area contributed by atoms with Crippen molar-refractivity contribution in [1.29, 1.82) is 0 Å². The van der Waals surface area contributed by atoms with Gasteiger partial charge in [0.2, 0.25) is 0 Å². The molecule has 7 heteroatoms. The summed E-state index contributed by atoms with van der Waals surface area (Å²) in [4.78, 5) is 16.5. The second-order valence-electron chi connectivity index (χ2n) is 11.6. The van der Waals surface area contributed by atoms with Gasteiger partial charge in [0.15, 0.2) is 11.5 Å². The van der Waals surface area contributed by atoms with E-state index in [1.54, 1.807) is 30.6 Å². The number of allylic oxidation sites excluding steroid dienone is 1. The van der Waals surface area contributed by atoms with Gasteiger partial charge in [-0.1, -0.05) is 31.4 Å². The Balaban J connectivity index is 1.51. The number of anilines is 1. The number of carbonyl (C=O) groups excluding carboxylic acids is 1. The molecule has 3 aromatic rings. The van der Waals surface area contributed by atoms with Crippen LogP contribution in [0.3, 0.4) is 0 Å². The fourth-order valence-electron chi connectivity index (χ4n) is 6.50. The topological polar surface area (TPSA) is 71.0 Å². The summed E-state index contributed by atoms with van der Waals surface area (Å²) in [7, 11) is 3.49.